The zero-order chi connectivity index (χ0) is 19.4. The topological polar surface area (TPSA) is 70.7 Å². The predicted molar refractivity (Wildman–Crippen MR) is 79.7 cm³/mol. The number of rotatable bonds is 4. The lowest BCUT2D eigenvalue weighted by molar-refractivity contribution is -0.302. The molecule has 2 aliphatic rings. The minimum absolute atomic E-state index is 0.0589. The molecule has 1 amide bonds. The Morgan fingerprint density at radius 2 is 2.04 bits per heavy atom. The standard InChI is InChI=1S/C14H14ClF5N4O2/c1-6-4-13(26,14(18,19)20)24(21-6)8(25)5-23-11(7-2-3-7)9(15)10(22-23)12(16)17/h7,12,26H,2-5H2,1H3. The van der Waals surface area contributed by atoms with Crippen molar-refractivity contribution in [3.05, 3.63) is 16.4 Å². The van der Waals surface area contributed by atoms with Gasteiger partial charge < -0.3 is 5.11 Å². The van der Waals surface area contributed by atoms with Crippen LogP contribution in [0, 0.1) is 0 Å². The predicted octanol–water partition coefficient (Wildman–Crippen LogP) is 3.21. The SMILES string of the molecule is CC1=NN(C(=O)Cn2nc(C(F)F)c(Cl)c2C2CC2)C(O)(C(F)(F)F)C1. The molecular weight excluding hydrogens is 387 g/mol. The fraction of sp³-hybridized carbons (Fsp3) is 0.643. The summed E-state index contributed by atoms with van der Waals surface area (Å²) in [5.74, 6) is -1.41. The Bertz CT molecular complexity index is 774. The van der Waals surface area contributed by atoms with E-state index in [1.165, 1.54) is 6.92 Å². The van der Waals surface area contributed by atoms with Gasteiger partial charge in [0, 0.05) is 18.1 Å². The van der Waals surface area contributed by atoms with Crippen LogP contribution >= 0.6 is 11.6 Å². The van der Waals surface area contributed by atoms with Crippen LogP contribution in [0.3, 0.4) is 0 Å². The minimum atomic E-state index is -5.14. The molecule has 12 heteroatoms. The van der Waals surface area contributed by atoms with Crippen LogP contribution in [0.25, 0.3) is 0 Å². The van der Waals surface area contributed by atoms with Gasteiger partial charge in [0.15, 0.2) is 0 Å². The number of halogens is 6. The summed E-state index contributed by atoms with van der Waals surface area (Å²) in [6.07, 6.45) is -7.72. The van der Waals surface area contributed by atoms with E-state index in [0.29, 0.717) is 12.8 Å². The van der Waals surface area contributed by atoms with Gasteiger partial charge in [0.05, 0.1) is 10.7 Å². The Hall–Kier alpha value is -1.75. The molecule has 1 atom stereocenters. The van der Waals surface area contributed by atoms with Crippen molar-refractivity contribution in [3.63, 3.8) is 0 Å². The first-order valence-electron chi connectivity index (χ1n) is 7.66. The summed E-state index contributed by atoms with van der Waals surface area (Å²) >= 11 is 5.91. The van der Waals surface area contributed by atoms with Crippen LogP contribution in [0.4, 0.5) is 22.0 Å². The number of aromatic nitrogens is 2. The number of alkyl halides is 5. The van der Waals surface area contributed by atoms with Crippen LogP contribution in [0.15, 0.2) is 5.10 Å². The lowest BCUT2D eigenvalue weighted by Gasteiger charge is -2.32. The molecule has 0 saturated heterocycles. The highest BCUT2D eigenvalue weighted by Crippen LogP contribution is 2.46. The zero-order valence-electron chi connectivity index (χ0n) is 13.4. The molecule has 0 bridgehead atoms. The summed E-state index contributed by atoms with van der Waals surface area (Å²) < 4.78 is 66.5. The molecular formula is C14H14ClF5N4O2. The van der Waals surface area contributed by atoms with Crippen LogP contribution < -0.4 is 0 Å². The van der Waals surface area contributed by atoms with Crippen LogP contribution in [-0.4, -0.2) is 43.4 Å². The Labute approximate surface area is 149 Å². The second-order valence-corrected chi connectivity index (χ2v) is 6.73. The quantitative estimate of drug-likeness (QED) is 0.789. The highest BCUT2D eigenvalue weighted by atomic mass is 35.5. The molecule has 2 heterocycles. The average Bonchev–Trinajstić information content (AvgIpc) is 3.20. The summed E-state index contributed by atoms with van der Waals surface area (Å²) in [5.41, 5.74) is -4.11. The first-order chi connectivity index (χ1) is 12.0. The molecule has 144 valence electrons. The van der Waals surface area contributed by atoms with E-state index < -0.39 is 42.9 Å². The normalized spacial score (nSPS) is 23.7. The van der Waals surface area contributed by atoms with Gasteiger partial charge in [-0.1, -0.05) is 11.6 Å². The van der Waals surface area contributed by atoms with E-state index in [9.17, 15) is 31.9 Å². The van der Waals surface area contributed by atoms with E-state index in [0.717, 1.165) is 4.68 Å². The van der Waals surface area contributed by atoms with Crippen LogP contribution in [0.5, 0.6) is 0 Å². The van der Waals surface area contributed by atoms with Crippen molar-refractivity contribution >= 4 is 23.2 Å². The molecule has 1 unspecified atom stereocenters. The van der Waals surface area contributed by atoms with Crippen molar-refractivity contribution in [1.29, 1.82) is 0 Å². The van der Waals surface area contributed by atoms with Crippen LogP contribution in [0.2, 0.25) is 5.02 Å². The molecule has 3 rings (SSSR count). The average molecular weight is 401 g/mol. The number of hydrazone groups is 1. The summed E-state index contributed by atoms with van der Waals surface area (Å²) in [6.45, 7) is 0.437. The lowest BCUT2D eigenvalue weighted by atomic mass is 10.1. The van der Waals surface area contributed by atoms with E-state index >= 15 is 0 Å². The number of nitrogens with zero attached hydrogens (tertiary/aromatic N) is 4. The zero-order valence-corrected chi connectivity index (χ0v) is 14.2. The Morgan fingerprint density at radius 1 is 1.42 bits per heavy atom. The van der Waals surface area contributed by atoms with Gasteiger partial charge in [0.25, 0.3) is 18.1 Å². The first kappa shape index (κ1) is 19.0. The van der Waals surface area contributed by atoms with Crippen LogP contribution in [0.1, 0.15) is 49.9 Å². The van der Waals surface area contributed by atoms with E-state index in [1.807, 2.05) is 0 Å². The molecule has 1 aromatic rings. The van der Waals surface area contributed by atoms with Crippen molar-refractivity contribution in [2.24, 2.45) is 5.10 Å². The summed E-state index contributed by atoms with van der Waals surface area (Å²) in [7, 11) is 0. The highest BCUT2D eigenvalue weighted by molar-refractivity contribution is 6.32. The number of aliphatic hydroxyl groups is 1. The molecule has 1 saturated carbocycles. The second kappa shape index (κ2) is 6.15. The monoisotopic (exact) mass is 400 g/mol. The van der Waals surface area contributed by atoms with Gasteiger partial charge in [-0.15, -0.1) is 0 Å². The third-order valence-electron chi connectivity index (χ3n) is 4.23. The summed E-state index contributed by atoms with van der Waals surface area (Å²) in [4.78, 5) is 12.4. The first-order valence-corrected chi connectivity index (χ1v) is 8.04. The number of carbonyl (C=O) groups is 1. The van der Waals surface area contributed by atoms with E-state index in [-0.39, 0.29) is 27.4 Å². The number of carbonyl (C=O) groups excluding carboxylic acids is 1. The molecule has 0 spiro atoms. The largest absolute Gasteiger partial charge is 0.438 e. The Kier molecular flexibility index (Phi) is 4.50. The van der Waals surface area contributed by atoms with Crippen molar-refractivity contribution in [2.45, 2.75) is 57.0 Å². The van der Waals surface area contributed by atoms with E-state index in [4.69, 9.17) is 11.6 Å². The molecule has 1 aliphatic heterocycles. The smallest absolute Gasteiger partial charge is 0.362 e. The van der Waals surface area contributed by atoms with Crippen molar-refractivity contribution < 1.29 is 31.9 Å². The molecule has 0 radical (unpaired) electrons. The van der Waals surface area contributed by atoms with Crippen molar-refractivity contribution in [3.8, 4) is 0 Å². The summed E-state index contributed by atoms with van der Waals surface area (Å²) in [5, 5.41) is 16.6. The van der Waals surface area contributed by atoms with Gasteiger partial charge in [-0.25, -0.2) is 8.78 Å². The maximum absolute atomic E-state index is 13.2. The van der Waals surface area contributed by atoms with Gasteiger partial charge >= 0.3 is 6.18 Å². The molecule has 1 aromatic heterocycles. The van der Waals surface area contributed by atoms with Crippen LogP contribution in [-0.2, 0) is 11.3 Å². The van der Waals surface area contributed by atoms with E-state index in [2.05, 4.69) is 10.2 Å². The maximum atomic E-state index is 13.2. The fourth-order valence-electron chi connectivity index (χ4n) is 2.88. The molecule has 1 aliphatic carbocycles. The lowest BCUT2D eigenvalue weighted by Crippen LogP contribution is -2.57. The molecule has 1 N–H and O–H groups in total. The van der Waals surface area contributed by atoms with E-state index in [1.54, 1.807) is 0 Å². The fourth-order valence-corrected chi connectivity index (χ4v) is 3.25. The molecule has 6 nitrogen and oxygen atoms in total. The molecule has 26 heavy (non-hydrogen) atoms. The second-order valence-electron chi connectivity index (χ2n) is 6.35. The van der Waals surface area contributed by atoms with Gasteiger partial charge in [0.2, 0.25) is 0 Å². The van der Waals surface area contributed by atoms with Crippen molar-refractivity contribution in [2.75, 3.05) is 0 Å². The van der Waals surface area contributed by atoms with Gasteiger partial charge in [0.1, 0.15) is 12.2 Å². The van der Waals surface area contributed by atoms with Gasteiger partial charge in [-0.05, 0) is 19.8 Å². The summed E-state index contributed by atoms with van der Waals surface area (Å²) in [6, 6.07) is 0. The number of hydrogen-bond donors (Lipinski definition) is 1. The maximum Gasteiger partial charge on any atom is 0.438 e. The number of amides is 1. The van der Waals surface area contributed by atoms with Gasteiger partial charge in [-0.2, -0.15) is 28.4 Å². The Morgan fingerprint density at radius 3 is 2.54 bits per heavy atom. The minimum Gasteiger partial charge on any atom is -0.362 e. The van der Waals surface area contributed by atoms with Crippen molar-refractivity contribution in [1.82, 2.24) is 14.8 Å². The molecule has 1 fully saturated rings. The third-order valence-corrected chi connectivity index (χ3v) is 4.61. The highest BCUT2D eigenvalue weighted by Gasteiger charge is 2.62. The van der Waals surface area contributed by atoms with Gasteiger partial charge in [-0.3, -0.25) is 9.48 Å². The third kappa shape index (κ3) is 3.07. The number of hydrogen-bond acceptors (Lipinski definition) is 4. The Balaban J connectivity index is 1.92. The molecule has 0 aromatic carbocycles.